The number of unbranched alkanes of at least 4 members (excludes halogenated alkanes) is 1. The van der Waals surface area contributed by atoms with E-state index in [1.807, 2.05) is 30.3 Å². The highest BCUT2D eigenvalue weighted by Crippen LogP contribution is 2.39. The van der Waals surface area contributed by atoms with E-state index < -0.39 is 26.7 Å². The van der Waals surface area contributed by atoms with Crippen molar-refractivity contribution in [1.29, 1.82) is 0 Å². The number of hydrogen-bond acceptors (Lipinski definition) is 5. The second kappa shape index (κ2) is 13.8. The van der Waals surface area contributed by atoms with E-state index in [0.29, 0.717) is 31.4 Å². The SMILES string of the molecule is Cc1cccc(S(=O)(=O)N(CCCCc2ccccc2)c2cccc(OCCC=NN=C(N)N)c2)c1C(F)(F)F. The molecule has 0 fully saturated rings. The number of alkyl halides is 3. The Bertz CT molecular complexity index is 1420. The smallest absolute Gasteiger partial charge is 0.417 e. The molecule has 3 aromatic carbocycles. The van der Waals surface area contributed by atoms with Crippen LogP contribution in [0.2, 0.25) is 0 Å². The topological polar surface area (TPSA) is 123 Å². The first-order chi connectivity index (χ1) is 19.0. The van der Waals surface area contributed by atoms with Gasteiger partial charge in [-0.15, -0.1) is 5.10 Å². The number of nitrogens with zero attached hydrogens (tertiary/aromatic N) is 3. The minimum absolute atomic E-state index is 0.0188. The molecule has 4 N–H and O–H groups in total. The average Bonchev–Trinajstić information content (AvgIpc) is 2.90. The van der Waals surface area contributed by atoms with Crippen molar-refractivity contribution in [3.05, 3.63) is 89.5 Å². The van der Waals surface area contributed by atoms with E-state index in [0.717, 1.165) is 15.9 Å². The van der Waals surface area contributed by atoms with Crippen molar-refractivity contribution in [3.8, 4) is 5.75 Å². The number of aryl methyl sites for hydroxylation is 2. The van der Waals surface area contributed by atoms with Crippen molar-refractivity contribution < 1.29 is 26.3 Å². The summed E-state index contributed by atoms with van der Waals surface area (Å²) in [6, 6.07) is 19.5. The van der Waals surface area contributed by atoms with Gasteiger partial charge in [-0.1, -0.05) is 48.5 Å². The number of nitrogens with two attached hydrogens (primary N) is 2. The Balaban J connectivity index is 1.89. The predicted molar refractivity (Wildman–Crippen MR) is 151 cm³/mol. The fourth-order valence-electron chi connectivity index (χ4n) is 4.08. The van der Waals surface area contributed by atoms with Gasteiger partial charge in [-0.2, -0.15) is 18.3 Å². The van der Waals surface area contributed by atoms with E-state index in [1.165, 1.54) is 37.4 Å². The molecule has 8 nitrogen and oxygen atoms in total. The third-order valence-corrected chi connectivity index (χ3v) is 7.75. The van der Waals surface area contributed by atoms with Crippen molar-refractivity contribution in [2.24, 2.45) is 21.7 Å². The highest BCUT2D eigenvalue weighted by Gasteiger charge is 2.40. The lowest BCUT2D eigenvalue weighted by Crippen LogP contribution is -2.34. The molecular weight excluding hydrogens is 543 g/mol. The van der Waals surface area contributed by atoms with E-state index in [-0.39, 0.29) is 30.4 Å². The molecule has 0 amide bonds. The maximum atomic E-state index is 14.0. The largest absolute Gasteiger partial charge is 0.493 e. The van der Waals surface area contributed by atoms with Crippen molar-refractivity contribution in [3.63, 3.8) is 0 Å². The van der Waals surface area contributed by atoms with Gasteiger partial charge in [-0.25, -0.2) is 8.42 Å². The molecule has 0 spiro atoms. The molecule has 0 radical (unpaired) electrons. The van der Waals surface area contributed by atoms with Gasteiger partial charge in [0.15, 0.2) is 0 Å². The molecule has 0 aliphatic carbocycles. The van der Waals surface area contributed by atoms with Crippen LogP contribution in [0.4, 0.5) is 18.9 Å². The minimum atomic E-state index is -4.85. The molecule has 0 saturated carbocycles. The van der Waals surface area contributed by atoms with Gasteiger partial charge in [0.1, 0.15) is 5.75 Å². The molecule has 0 aliphatic rings. The number of sulfonamides is 1. The fourth-order valence-corrected chi connectivity index (χ4v) is 5.86. The van der Waals surface area contributed by atoms with Crippen LogP contribution in [0, 0.1) is 6.92 Å². The Morgan fingerprint density at radius 2 is 1.73 bits per heavy atom. The van der Waals surface area contributed by atoms with Crippen LogP contribution >= 0.6 is 0 Å². The Hall–Kier alpha value is -4.06. The Morgan fingerprint density at radius 3 is 2.42 bits per heavy atom. The summed E-state index contributed by atoms with van der Waals surface area (Å²) in [5.41, 5.74) is 10.4. The third-order valence-electron chi connectivity index (χ3n) is 5.88. The number of anilines is 1. The minimum Gasteiger partial charge on any atom is -0.493 e. The van der Waals surface area contributed by atoms with E-state index in [2.05, 4.69) is 10.2 Å². The zero-order valence-corrected chi connectivity index (χ0v) is 22.8. The molecule has 0 aromatic heterocycles. The number of hydrogen-bond donors (Lipinski definition) is 2. The number of rotatable bonds is 13. The highest BCUT2D eigenvalue weighted by atomic mass is 32.2. The summed E-state index contributed by atoms with van der Waals surface area (Å²) in [6.07, 6.45) is -1.27. The number of benzene rings is 3. The molecule has 0 bridgehead atoms. The molecule has 0 heterocycles. The zero-order chi connectivity index (χ0) is 29.2. The van der Waals surface area contributed by atoms with E-state index in [9.17, 15) is 21.6 Å². The summed E-state index contributed by atoms with van der Waals surface area (Å²) in [4.78, 5) is -0.787. The number of ether oxygens (including phenoxy) is 1. The van der Waals surface area contributed by atoms with Gasteiger partial charge >= 0.3 is 6.18 Å². The van der Waals surface area contributed by atoms with Crippen molar-refractivity contribution in [2.45, 2.75) is 43.7 Å². The molecule has 12 heteroatoms. The second-order valence-electron chi connectivity index (χ2n) is 8.92. The third kappa shape index (κ3) is 8.47. The van der Waals surface area contributed by atoms with Gasteiger partial charge < -0.3 is 16.2 Å². The summed E-state index contributed by atoms with van der Waals surface area (Å²) in [6.45, 7) is 1.42. The monoisotopic (exact) mass is 575 g/mol. The van der Waals surface area contributed by atoms with Crippen LogP contribution in [-0.4, -0.2) is 33.7 Å². The van der Waals surface area contributed by atoms with Crippen LogP contribution in [0.5, 0.6) is 5.75 Å². The van der Waals surface area contributed by atoms with Gasteiger partial charge in [-0.05, 0) is 55.5 Å². The van der Waals surface area contributed by atoms with Crippen molar-refractivity contribution in [1.82, 2.24) is 0 Å². The van der Waals surface area contributed by atoms with Gasteiger partial charge in [0.25, 0.3) is 10.0 Å². The molecule has 0 atom stereocenters. The Kier molecular flexibility index (Phi) is 10.5. The highest BCUT2D eigenvalue weighted by molar-refractivity contribution is 7.92. The Labute approximate surface area is 232 Å². The van der Waals surface area contributed by atoms with Gasteiger partial charge in [0, 0.05) is 25.2 Å². The molecular formula is C28H32F3N5O3S. The lowest BCUT2D eigenvalue weighted by molar-refractivity contribution is -0.140. The molecule has 214 valence electrons. The molecule has 3 aromatic rings. The zero-order valence-electron chi connectivity index (χ0n) is 22.0. The molecule has 3 rings (SSSR count). The summed E-state index contributed by atoms with van der Waals surface area (Å²) >= 11 is 0. The van der Waals surface area contributed by atoms with E-state index in [4.69, 9.17) is 16.2 Å². The number of halogens is 3. The average molecular weight is 576 g/mol. The van der Waals surface area contributed by atoms with Crippen molar-refractivity contribution >= 4 is 27.9 Å². The first kappa shape index (κ1) is 30.5. The van der Waals surface area contributed by atoms with Gasteiger partial charge in [0.05, 0.1) is 22.8 Å². The molecule has 0 aliphatic heterocycles. The normalized spacial score (nSPS) is 11.9. The molecule has 0 unspecified atom stereocenters. The summed E-state index contributed by atoms with van der Waals surface area (Å²) in [7, 11) is -4.59. The van der Waals surface area contributed by atoms with Gasteiger partial charge in [-0.3, -0.25) is 4.31 Å². The summed E-state index contributed by atoms with van der Waals surface area (Å²) in [5.74, 6) is 0.162. The van der Waals surface area contributed by atoms with Crippen LogP contribution in [0.3, 0.4) is 0 Å². The van der Waals surface area contributed by atoms with Crippen LogP contribution < -0.4 is 20.5 Å². The fraction of sp³-hybridized carbons (Fsp3) is 0.286. The predicted octanol–water partition coefficient (Wildman–Crippen LogP) is 5.26. The molecule has 0 saturated heterocycles. The standard InChI is InChI=1S/C28H32F3N5O3S/c1-21-10-7-16-25(26(21)28(29,30)31)40(37,38)36(18-6-5-13-22-11-3-2-4-12-22)23-14-8-15-24(20-23)39-19-9-17-34-35-27(32)33/h2-4,7-8,10-12,14-17,20H,5-6,9,13,18-19H2,1H3,(H4,32,33,35). The first-order valence-corrected chi connectivity index (χ1v) is 14.0. The Morgan fingerprint density at radius 1 is 1.00 bits per heavy atom. The van der Waals surface area contributed by atoms with Crippen LogP contribution in [0.1, 0.15) is 36.0 Å². The van der Waals surface area contributed by atoms with Crippen LogP contribution in [-0.2, 0) is 22.6 Å². The molecule has 40 heavy (non-hydrogen) atoms. The van der Waals surface area contributed by atoms with Crippen LogP contribution in [0.25, 0.3) is 0 Å². The maximum Gasteiger partial charge on any atom is 0.417 e. The first-order valence-electron chi connectivity index (χ1n) is 12.6. The van der Waals surface area contributed by atoms with Crippen LogP contribution in [0.15, 0.2) is 87.9 Å². The van der Waals surface area contributed by atoms with Gasteiger partial charge in [0.2, 0.25) is 5.96 Å². The van der Waals surface area contributed by atoms with E-state index >= 15 is 0 Å². The summed E-state index contributed by atoms with van der Waals surface area (Å²) < 4.78 is 76.4. The number of guanidine groups is 1. The second-order valence-corrected chi connectivity index (χ2v) is 10.8. The van der Waals surface area contributed by atoms with Crippen molar-refractivity contribution in [2.75, 3.05) is 17.5 Å². The summed E-state index contributed by atoms with van der Waals surface area (Å²) in [5, 5.41) is 7.15. The maximum absolute atomic E-state index is 14.0. The lowest BCUT2D eigenvalue weighted by Gasteiger charge is -2.27. The quantitative estimate of drug-likeness (QED) is 0.125. The lowest BCUT2D eigenvalue weighted by atomic mass is 10.1. The van der Waals surface area contributed by atoms with E-state index in [1.54, 1.807) is 12.1 Å².